The lowest BCUT2D eigenvalue weighted by atomic mass is 10.0. The zero-order valence-corrected chi connectivity index (χ0v) is 51.0. The summed E-state index contributed by atoms with van der Waals surface area (Å²) in [5.74, 6) is -0.884. The fourth-order valence-electron chi connectivity index (χ4n) is 9.40. The zero-order valence-electron chi connectivity index (χ0n) is 51.0. The van der Waals surface area contributed by atoms with Crippen LogP contribution in [0.2, 0.25) is 0 Å². The number of hydrogen-bond donors (Lipinski definition) is 0. The Morgan fingerprint density at radius 2 is 0.506 bits per heavy atom. The van der Waals surface area contributed by atoms with E-state index in [1.807, 2.05) is 0 Å². The molecule has 0 radical (unpaired) electrons. The minimum atomic E-state index is -0.783. The minimum absolute atomic E-state index is 0.0795. The molecule has 6 nitrogen and oxygen atoms in total. The van der Waals surface area contributed by atoms with Gasteiger partial charge in [-0.25, -0.2) is 0 Å². The predicted octanol–water partition coefficient (Wildman–Crippen LogP) is 22.7. The van der Waals surface area contributed by atoms with Crippen molar-refractivity contribution in [2.45, 2.75) is 335 Å². The standard InChI is InChI=1S/C71H124O6/c1-4-7-10-13-16-19-22-25-27-28-29-30-31-32-33-34-35-36-37-38-39-40-41-42-44-46-49-52-55-58-61-64-70(73)76-67-68(66-75-69(72)63-60-57-54-51-48-45-24-21-18-15-12-9-6-3)77-71(74)65-62-59-56-53-50-47-43-26-23-20-17-14-11-8-5-2/h7,10,16,19,21,24-27,29-30,32-33,43,68H,4-6,8-9,11-15,17-18,20,22-23,28,31,34-42,44-67H2,1-3H3/b10-7-,19-16-,24-21-,27-25-,30-29-,33-32-,43-26-. The highest BCUT2D eigenvalue weighted by molar-refractivity contribution is 5.71. The molecule has 0 aliphatic carbocycles. The van der Waals surface area contributed by atoms with E-state index in [-0.39, 0.29) is 31.1 Å². The van der Waals surface area contributed by atoms with Gasteiger partial charge in [0.2, 0.25) is 0 Å². The molecule has 0 spiro atoms. The van der Waals surface area contributed by atoms with Crippen LogP contribution in [-0.4, -0.2) is 37.2 Å². The van der Waals surface area contributed by atoms with Crippen molar-refractivity contribution in [1.82, 2.24) is 0 Å². The van der Waals surface area contributed by atoms with Gasteiger partial charge in [0, 0.05) is 19.3 Å². The van der Waals surface area contributed by atoms with Crippen molar-refractivity contribution >= 4 is 17.9 Å². The van der Waals surface area contributed by atoms with Crippen LogP contribution in [-0.2, 0) is 28.6 Å². The summed E-state index contributed by atoms with van der Waals surface area (Å²) in [5, 5.41) is 0. The normalized spacial score (nSPS) is 12.6. The Morgan fingerprint density at radius 1 is 0.273 bits per heavy atom. The Kier molecular flexibility index (Phi) is 62.2. The third kappa shape index (κ3) is 63.3. The number of carbonyl (C=O) groups is 3. The van der Waals surface area contributed by atoms with Crippen molar-refractivity contribution in [3.63, 3.8) is 0 Å². The molecule has 0 N–H and O–H groups in total. The molecule has 0 aromatic carbocycles. The molecule has 0 aliphatic heterocycles. The maximum absolute atomic E-state index is 12.9. The number of esters is 3. The highest BCUT2D eigenvalue weighted by Crippen LogP contribution is 2.17. The molecule has 77 heavy (non-hydrogen) atoms. The van der Waals surface area contributed by atoms with Crippen LogP contribution in [0.5, 0.6) is 0 Å². The number of unbranched alkanes of at least 4 members (excludes halogenated alkanes) is 35. The highest BCUT2D eigenvalue weighted by atomic mass is 16.6. The number of carbonyl (C=O) groups excluding carboxylic acids is 3. The van der Waals surface area contributed by atoms with Crippen molar-refractivity contribution in [2.75, 3.05) is 13.2 Å². The van der Waals surface area contributed by atoms with E-state index in [0.717, 1.165) is 109 Å². The summed E-state index contributed by atoms with van der Waals surface area (Å²) >= 11 is 0. The molecule has 444 valence electrons. The van der Waals surface area contributed by atoms with Crippen LogP contribution in [0.25, 0.3) is 0 Å². The van der Waals surface area contributed by atoms with Gasteiger partial charge in [-0.1, -0.05) is 279 Å². The first-order valence-electron chi connectivity index (χ1n) is 33.1. The van der Waals surface area contributed by atoms with Gasteiger partial charge in [0.15, 0.2) is 6.10 Å². The molecule has 0 heterocycles. The molecule has 1 atom stereocenters. The Labute approximate surface area is 477 Å². The van der Waals surface area contributed by atoms with Gasteiger partial charge in [-0.15, -0.1) is 0 Å². The molecule has 0 aromatic rings. The van der Waals surface area contributed by atoms with Gasteiger partial charge < -0.3 is 14.2 Å². The predicted molar refractivity (Wildman–Crippen MR) is 334 cm³/mol. The molecular formula is C71H124O6. The lowest BCUT2D eigenvalue weighted by Gasteiger charge is -2.18. The largest absolute Gasteiger partial charge is 0.462 e. The SMILES string of the molecule is CC/C=C\C/C=C\C/C=C\C/C=C\C/C=C\CCCCCCCCCCCCCCCCCC(=O)OCC(COC(=O)CCCCCCC/C=C\CCCCCC)OC(=O)CCCCCCC/C=C\CCCCCCCC. The Balaban J connectivity index is 4.19. The molecular weight excluding hydrogens is 949 g/mol. The van der Waals surface area contributed by atoms with Crippen LogP contribution >= 0.6 is 0 Å². The first-order chi connectivity index (χ1) is 38.0. The minimum Gasteiger partial charge on any atom is -0.462 e. The first kappa shape index (κ1) is 73.6. The van der Waals surface area contributed by atoms with Crippen molar-refractivity contribution in [3.05, 3.63) is 85.1 Å². The van der Waals surface area contributed by atoms with E-state index in [1.165, 1.54) is 180 Å². The van der Waals surface area contributed by atoms with Gasteiger partial charge in [-0.2, -0.15) is 0 Å². The summed E-state index contributed by atoms with van der Waals surface area (Å²) in [6.45, 7) is 6.52. The Hall–Kier alpha value is -3.41. The molecule has 0 saturated carbocycles. The average Bonchev–Trinajstić information content (AvgIpc) is 3.43. The van der Waals surface area contributed by atoms with Crippen molar-refractivity contribution in [3.8, 4) is 0 Å². The van der Waals surface area contributed by atoms with Crippen LogP contribution < -0.4 is 0 Å². The van der Waals surface area contributed by atoms with Crippen LogP contribution in [0.3, 0.4) is 0 Å². The number of ether oxygens (including phenoxy) is 3. The van der Waals surface area contributed by atoms with Gasteiger partial charge in [0.1, 0.15) is 13.2 Å². The molecule has 0 saturated heterocycles. The average molecular weight is 1070 g/mol. The second kappa shape index (κ2) is 65.1. The number of allylic oxidation sites excluding steroid dienone is 14. The third-order valence-corrected chi connectivity index (χ3v) is 14.4. The molecule has 0 aromatic heterocycles. The maximum Gasteiger partial charge on any atom is 0.306 e. The van der Waals surface area contributed by atoms with Crippen molar-refractivity contribution in [1.29, 1.82) is 0 Å². The fraction of sp³-hybridized carbons (Fsp3) is 0.761. The molecule has 0 bridgehead atoms. The van der Waals surface area contributed by atoms with E-state index >= 15 is 0 Å². The fourth-order valence-corrected chi connectivity index (χ4v) is 9.40. The van der Waals surface area contributed by atoms with E-state index in [1.54, 1.807) is 0 Å². The lowest BCUT2D eigenvalue weighted by Crippen LogP contribution is -2.30. The molecule has 0 fully saturated rings. The summed E-state index contributed by atoms with van der Waals surface area (Å²) in [7, 11) is 0. The zero-order chi connectivity index (χ0) is 55.7. The second-order valence-electron chi connectivity index (χ2n) is 22.0. The van der Waals surface area contributed by atoms with E-state index in [9.17, 15) is 14.4 Å². The summed E-state index contributed by atoms with van der Waals surface area (Å²) in [6, 6.07) is 0. The third-order valence-electron chi connectivity index (χ3n) is 14.4. The number of rotatable bonds is 60. The molecule has 6 heteroatoms. The summed E-state index contributed by atoms with van der Waals surface area (Å²) in [6.07, 6.45) is 86.0. The monoisotopic (exact) mass is 1070 g/mol. The van der Waals surface area contributed by atoms with E-state index in [4.69, 9.17) is 14.2 Å². The van der Waals surface area contributed by atoms with Crippen molar-refractivity contribution < 1.29 is 28.6 Å². The Morgan fingerprint density at radius 3 is 0.818 bits per heavy atom. The highest BCUT2D eigenvalue weighted by Gasteiger charge is 2.19. The first-order valence-corrected chi connectivity index (χ1v) is 33.1. The van der Waals surface area contributed by atoms with Crippen LogP contribution in [0, 0.1) is 0 Å². The van der Waals surface area contributed by atoms with Gasteiger partial charge >= 0.3 is 17.9 Å². The summed E-state index contributed by atoms with van der Waals surface area (Å²) in [5.41, 5.74) is 0. The second-order valence-corrected chi connectivity index (χ2v) is 22.0. The van der Waals surface area contributed by atoms with E-state index in [0.29, 0.717) is 19.3 Å². The van der Waals surface area contributed by atoms with Gasteiger partial charge in [-0.3, -0.25) is 14.4 Å². The molecule has 0 rings (SSSR count). The van der Waals surface area contributed by atoms with Gasteiger partial charge in [0.25, 0.3) is 0 Å². The number of hydrogen-bond acceptors (Lipinski definition) is 6. The van der Waals surface area contributed by atoms with Gasteiger partial charge in [-0.05, 0) is 116 Å². The molecule has 0 aliphatic rings. The van der Waals surface area contributed by atoms with Crippen LogP contribution in [0.15, 0.2) is 85.1 Å². The topological polar surface area (TPSA) is 78.9 Å². The Bertz CT molecular complexity index is 1470. The van der Waals surface area contributed by atoms with Crippen LogP contribution in [0.4, 0.5) is 0 Å². The maximum atomic E-state index is 12.9. The smallest absolute Gasteiger partial charge is 0.306 e. The quantitative estimate of drug-likeness (QED) is 0.0261. The summed E-state index contributed by atoms with van der Waals surface area (Å²) in [4.78, 5) is 38.3. The molecule has 0 amide bonds. The van der Waals surface area contributed by atoms with Gasteiger partial charge in [0.05, 0.1) is 0 Å². The molecule has 1 unspecified atom stereocenters. The van der Waals surface area contributed by atoms with Crippen molar-refractivity contribution in [2.24, 2.45) is 0 Å². The van der Waals surface area contributed by atoms with Crippen LogP contribution in [0.1, 0.15) is 329 Å². The lowest BCUT2D eigenvalue weighted by molar-refractivity contribution is -0.167. The van der Waals surface area contributed by atoms with E-state index in [2.05, 4.69) is 106 Å². The summed E-state index contributed by atoms with van der Waals surface area (Å²) < 4.78 is 16.9. The van der Waals surface area contributed by atoms with E-state index < -0.39 is 6.10 Å².